The van der Waals surface area contributed by atoms with Gasteiger partial charge in [-0.15, -0.1) is 9.24 Å². The van der Waals surface area contributed by atoms with Crippen LogP contribution in [0, 0.1) is 23.7 Å². The standard InChI is InChI=1S/C28H18NPS.4C2H6/c30-19-25-10-14-26-17-24(9-13-27(26)18-25)8-7-22-3-1-21(2-4-22)5-6-23-11-15-28(16-12-23)29-20-31;4*1-2/h1-4,9-18H,19,30H2;4*1-2H3. The number of rotatable bonds is 2. The van der Waals surface area contributed by atoms with Crippen molar-refractivity contribution in [2.75, 3.05) is 0 Å². The molecule has 0 N–H and O–H groups in total. The molecule has 3 heteroatoms. The van der Waals surface area contributed by atoms with E-state index in [1.54, 1.807) is 0 Å². The average molecular weight is 552 g/mol. The zero-order valence-electron chi connectivity index (χ0n) is 24.7. The molecule has 0 aliphatic rings. The first-order valence-corrected chi connectivity index (χ1v) is 15.0. The summed E-state index contributed by atoms with van der Waals surface area (Å²) < 4.78 is 0. The Morgan fingerprint density at radius 1 is 0.538 bits per heavy atom. The van der Waals surface area contributed by atoms with Crippen molar-refractivity contribution in [2.45, 2.75) is 61.6 Å². The summed E-state index contributed by atoms with van der Waals surface area (Å²) in [5.41, 5.74) is 5.94. The van der Waals surface area contributed by atoms with Gasteiger partial charge < -0.3 is 0 Å². The minimum atomic E-state index is 0.778. The first-order valence-electron chi connectivity index (χ1n) is 13.8. The van der Waals surface area contributed by atoms with Crippen LogP contribution in [0.1, 0.15) is 83.2 Å². The molecule has 4 aromatic rings. The van der Waals surface area contributed by atoms with E-state index >= 15 is 0 Å². The second kappa shape index (κ2) is 22.5. The topological polar surface area (TPSA) is 12.4 Å². The Morgan fingerprint density at radius 3 is 1.38 bits per heavy atom. The van der Waals surface area contributed by atoms with E-state index in [9.17, 15) is 0 Å². The summed E-state index contributed by atoms with van der Waals surface area (Å²) in [6.07, 6.45) is 0.966. The lowest BCUT2D eigenvalue weighted by Crippen LogP contribution is -1.81. The van der Waals surface area contributed by atoms with Gasteiger partial charge in [0.2, 0.25) is 0 Å². The molecule has 4 aromatic carbocycles. The van der Waals surface area contributed by atoms with Crippen LogP contribution in [-0.2, 0) is 6.16 Å². The van der Waals surface area contributed by atoms with Gasteiger partial charge in [-0.25, -0.2) is 0 Å². The maximum atomic E-state index is 4.61. The molecular weight excluding hydrogens is 509 g/mol. The minimum Gasteiger partial charge on any atom is -0.195 e. The SMILES string of the molecule is CC.CC.CC.CC.PCc1ccc2cc(C#Cc3ccc(C#Cc4ccc(N=C=S)cc4)cc3)ccc2c1. The lowest BCUT2D eigenvalue weighted by atomic mass is 10.0. The summed E-state index contributed by atoms with van der Waals surface area (Å²) in [6, 6.07) is 28.5. The first kappa shape index (κ1) is 35.5. The van der Waals surface area contributed by atoms with E-state index in [4.69, 9.17) is 0 Å². The number of hydrogen-bond donors (Lipinski definition) is 0. The van der Waals surface area contributed by atoms with Crippen molar-refractivity contribution in [3.8, 4) is 23.7 Å². The van der Waals surface area contributed by atoms with Gasteiger partial charge in [0.05, 0.1) is 10.8 Å². The maximum absolute atomic E-state index is 4.61. The molecule has 4 rings (SSSR count). The molecule has 0 spiro atoms. The van der Waals surface area contributed by atoms with Gasteiger partial charge in [-0.1, -0.05) is 103 Å². The Hall–Kier alpha value is -3.51. The van der Waals surface area contributed by atoms with Crippen molar-refractivity contribution < 1.29 is 0 Å². The molecular formula is C36H42NPS. The van der Waals surface area contributed by atoms with E-state index in [-0.39, 0.29) is 0 Å². The predicted octanol–water partition coefficient (Wildman–Crippen LogP) is 10.9. The highest BCUT2D eigenvalue weighted by Crippen LogP contribution is 2.19. The fraction of sp³-hybridized carbons (Fsp3) is 0.250. The molecule has 0 radical (unpaired) electrons. The fourth-order valence-electron chi connectivity index (χ4n) is 3.10. The lowest BCUT2D eigenvalue weighted by molar-refractivity contribution is 1.44. The summed E-state index contributed by atoms with van der Waals surface area (Å²) in [6.45, 7) is 16.0. The highest BCUT2D eigenvalue weighted by Gasteiger charge is 1.97. The Kier molecular flexibility index (Phi) is 20.4. The first-order chi connectivity index (χ1) is 19.2. The monoisotopic (exact) mass is 551 g/mol. The zero-order chi connectivity index (χ0) is 29.5. The summed E-state index contributed by atoms with van der Waals surface area (Å²) in [4.78, 5) is 3.94. The van der Waals surface area contributed by atoms with Crippen LogP contribution in [0.25, 0.3) is 10.8 Å². The van der Waals surface area contributed by atoms with E-state index in [1.807, 2.05) is 104 Å². The Bertz CT molecular complexity index is 1410. The van der Waals surface area contributed by atoms with Crippen LogP contribution < -0.4 is 0 Å². The van der Waals surface area contributed by atoms with Crippen molar-refractivity contribution in [1.82, 2.24) is 0 Å². The second-order valence-electron chi connectivity index (χ2n) is 6.93. The molecule has 0 aliphatic heterocycles. The number of benzene rings is 4. The quantitative estimate of drug-likeness (QED) is 0.104. The third-order valence-corrected chi connectivity index (χ3v) is 5.33. The molecule has 1 unspecified atom stereocenters. The number of fused-ring (bicyclic) bond motifs is 1. The van der Waals surface area contributed by atoms with Crippen LogP contribution in [-0.4, -0.2) is 5.16 Å². The Balaban J connectivity index is 0.00000166. The predicted molar refractivity (Wildman–Crippen MR) is 182 cm³/mol. The van der Waals surface area contributed by atoms with Gasteiger partial charge in [-0.3, -0.25) is 0 Å². The minimum absolute atomic E-state index is 0.778. The normalized spacial score (nSPS) is 8.33. The van der Waals surface area contributed by atoms with Crippen LogP contribution in [0.5, 0.6) is 0 Å². The smallest absolute Gasteiger partial charge is 0.0740 e. The highest BCUT2D eigenvalue weighted by molar-refractivity contribution is 7.78. The number of aliphatic imine (C=N–C) groups is 1. The molecule has 0 amide bonds. The molecule has 0 aliphatic carbocycles. The van der Waals surface area contributed by atoms with Crippen LogP contribution in [0.3, 0.4) is 0 Å². The number of nitrogens with zero attached hydrogens (tertiary/aromatic N) is 1. The van der Waals surface area contributed by atoms with Crippen LogP contribution in [0.2, 0.25) is 0 Å². The highest BCUT2D eigenvalue weighted by atomic mass is 32.1. The van der Waals surface area contributed by atoms with Gasteiger partial charge in [0.1, 0.15) is 0 Å². The number of hydrogen-bond acceptors (Lipinski definition) is 2. The third-order valence-electron chi connectivity index (χ3n) is 4.77. The van der Waals surface area contributed by atoms with Gasteiger partial charge >= 0.3 is 0 Å². The van der Waals surface area contributed by atoms with Crippen molar-refractivity contribution in [1.29, 1.82) is 0 Å². The third kappa shape index (κ3) is 12.7. The van der Waals surface area contributed by atoms with Crippen LogP contribution in [0.4, 0.5) is 5.69 Å². The van der Waals surface area contributed by atoms with Crippen molar-refractivity contribution in [3.05, 3.63) is 113 Å². The molecule has 202 valence electrons. The van der Waals surface area contributed by atoms with Gasteiger partial charge in [-0.2, -0.15) is 4.99 Å². The summed E-state index contributed by atoms with van der Waals surface area (Å²) in [5, 5.41) is 4.81. The van der Waals surface area contributed by atoms with E-state index in [1.165, 1.54) is 16.3 Å². The molecule has 1 nitrogen and oxygen atoms in total. The Labute approximate surface area is 245 Å². The number of isothiocyanates is 1. The zero-order valence-corrected chi connectivity index (χ0v) is 26.7. The van der Waals surface area contributed by atoms with E-state index in [0.29, 0.717) is 0 Å². The van der Waals surface area contributed by atoms with E-state index in [0.717, 1.165) is 34.1 Å². The molecule has 0 bridgehead atoms. The van der Waals surface area contributed by atoms with Crippen LogP contribution in [0.15, 0.2) is 89.9 Å². The van der Waals surface area contributed by atoms with Crippen LogP contribution >= 0.6 is 21.5 Å². The van der Waals surface area contributed by atoms with Gasteiger partial charge in [0.15, 0.2) is 0 Å². The maximum Gasteiger partial charge on any atom is 0.0740 e. The summed E-state index contributed by atoms with van der Waals surface area (Å²) in [7, 11) is 2.77. The second-order valence-corrected chi connectivity index (χ2v) is 7.52. The Morgan fingerprint density at radius 2 is 0.923 bits per heavy atom. The van der Waals surface area contributed by atoms with Crippen molar-refractivity contribution in [2.24, 2.45) is 4.99 Å². The molecule has 0 saturated heterocycles. The van der Waals surface area contributed by atoms with Gasteiger partial charge in [-0.05, 0) is 95.4 Å². The lowest BCUT2D eigenvalue weighted by Gasteiger charge is -2.01. The van der Waals surface area contributed by atoms with E-state index < -0.39 is 0 Å². The fourth-order valence-corrected chi connectivity index (χ4v) is 3.46. The summed E-state index contributed by atoms with van der Waals surface area (Å²) >= 11 is 4.61. The molecule has 0 saturated carbocycles. The molecule has 0 fully saturated rings. The van der Waals surface area contributed by atoms with Crippen molar-refractivity contribution in [3.63, 3.8) is 0 Å². The van der Waals surface area contributed by atoms with Gasteiger partial charge in [0, 0.05) is 22.3 Å². The molecule has 39 heavy (non-hydrogen) atoms. The number of thiocarbonyl (C=S) groups is 1. The van der Waals surface area contributed by atoms with E-state index in [2.05, 4.69) is 91.7 Å². The largest absolute Gasteiger partial charge is 0.195 e. The molecule has 0 heterocycles. The van der Waals surface area contributed by atoms with Crippen molar-refractivity contribution >= 4 is 43.1 Å². The van der Waals surface area contributed by atoms with Gasteiger partial charge in [0.25, 0.3) is 0 Å². The summed E-state index contributed by atoms with van der Waals surface area (Å²) in [5.74, 6) is 12.8. The molecule has 0 aromatic heterocycles. The molecule has 1 atom stereocenters. The average Bonchev–Trinajstić information content (AvgIpc) is 3.04.